The smallest absolute Gasteiger partial charge is 0.325 e. The lowest BCUT2D eigenvalue weighted by atomic mass is 9.89. The largest absolute Gasteiger partial charge is 0.465 e. The van der Waals surface area contributed by atoms with Crippen molar-refractivity contribution in [1.82, 2.24) is 39.0 Å². The maximum absolute atomic E-state index is 12.3. The molecule has 0 bridgehead atoms. The fourth-order valence-electron chi connectivity index (χ4n) is 5.08. The van der Waals surface area contributed by atoms with Crippen LogP contribution in [0.25, 0.3) is 22.3 Å². The van der Waals surface area contributed by atoms with Crippen LogP contribution >= 0.6 is 27.0 Å². The number of imidazole rings is 2. The molecule has 4 N–H and O–H groups in total. The summed E-state index contributed by atoms with van der Waals surface area (Å²) in [6.07, 6.45) is 3.64. The molecule has 4 aromatic heterocycles. The summed E-state index contributed by atoms with van der Waals surface area (Å²) >= 11 is 9.54. The Hall–Kier alpha value is -2.60. The molecule has 1 aliphatic heterocycles. The van der Waals surface area contributed by atoms with Crippen molar-refractivity contribution in [3.8, 4) is 0 Å². The van der Waals surface area contributed by atoms with E-state index in [4.69, 9.17) is 40.6 Å². The second-order valence-electron chi connectivity index (χ2n) is 9.56. The molecule has 0 aromatic carbocycles. The third kappa shape index (κ3) is 5.93. The number of hydrogen-bond donors (Lipinski definition) is 4. The minimum absolute atomic E-state index is 0.0271. The Labute approximate surface area is 248 Å². The van der Waals surface area contributed by atoms with Crippen molar-refractivity contribution in [2.24, 2.45) is 0 Å². The van der Waals surface area contributed by atoms with Crippen LogP contribution in [0.4, 0.5) is 5.95 Å². The number of ether oxygens (including phenoxy) is 2. The van der Waals surface area contributed by atoms with Gasteiger partial charge in [0.05, 0.1) is 32.7 Å². The number of aromatic amines is 1. The average molecular weight is 658 g/mol. The zero-order valence-corrected chi connectivity index (χ0v) is 25.2. The molecular weight excluding hydrogens is 632 g/mol. The van der Waals surface area contributed by atoms with E-state index in [2.05, 4.69) is 42.2 Å². The first kappa shape index (κ1) is 29.5. The molecule has 224 valence electrons. The summed E-state index contributed by atoms with van der Waals surface area (Å²) in [5.74, 6) is 0.370. The minimum Gasteiger partial charge on any atom is -0.465 e. The predicted molar refractivity (Wildman–Crippen MR) is 155 cm³/mol. The number of nitrogens with zero attached hydrogens (tertiary/aromatic N) is 7. The number of nitrogens with one attached hydrogen (secondary N) is 1. The normalized spacial score (nSPS) is 25.7. The molecule has 2 unspecified atom stereocenters. The highest BCUT2D eigenvalue weighted by molar-refractivity contribution is 8.36. The van der Waals surface area contributed by atoms with E-state index in [1.54, 1.807) is 6.20 Å². The van der Waals surface area contributed by atoms with Gasteiger partial charge in [-0.1, -0.05) is 0 Å². The first-order chi connectivity index (χ1) is 20.3. The van der Waals surface area contributed by atoms with Gasteiger partial charge in [-0.3, -0.25) is 19.1 Å². The van der Waals surface area contributed by atoms with Crippen molar-refractivity contribution < 1.29 is 32.7 Å². The molecule has 21 heteroatoms. The van der Waals surface area contributed by atoms with Crippen molar-refractivity contribution in [3.05, 3.63) is 35.0 Å². The Morgan fingerprint density at radius 3 is 2.93 bits per heavy atom. The van der Waals surface area contributed by atoms with Crippen molar-refractivity contribution in [2.75, 3.05) is 12.3 Å². The number of carbonyl (C=O) groups excluding carboxylic acids is 1. The van der Waals surface area contributed by atoms with Crippen LogP contribution in [0.5, 0.6) is 0 Å². The molecule has 1 saturated heterocycles. The standard InChI is InChI=1S/C21H25N9O8P2S2/c22-21-27-18-16(19(32)28-21)25-8-29(18)20-14(3-12(36-20)5-34-9-31)38-40(33,42)35-6-15-26-13-4-23-7-24-17(13)30(15)10-1-11(2-10)37-39-41/h4,7-12,14,20,39,41H,1-3,5-6H2,(H,33,42)(H3,22,27,28,32)/t10?,11?,12-,14+,20+,40?/m0/s1. The molecule has 1 saturated carbocycles. The Morgan fingerprint density at radius 1 is 1.31 bits per heavy atom. The maximum Gasteiger partial charge on any atom is 0.325 e. The Morgan fingerprint density at radius 2 is 2.14 bits per heavy atom. The van der Waals surface area contributed by atoms with E-state index in [0.29, 0.717) is 23.5 Å². The van der Waals surface area contributed by atoms with Crippen molar-refractivity contribution >= 4 is 73.5 Å². The third-order valence-corrected chi connectivity index (χ3v) is 9.25. The molecule has 0 amide bonds. The van der Waals surface area contributed by atoms with E-state index in [-0.39, 0.29) is 56.9 Å². The van der Waals surface area contributed by atoms with Gasteiger partial charge in [0.1, 0.15) is 37.0 Å². The Balaban J connectivity index is 1.22. The van der Waals surface area contributed by atoms with E-state index in [1.165, 1.54) is 17.2 Å². The molecule has 5 atom stereocenters. The van der Waals surface area contributed by atoms with Gasteiger partial charge in [0, 0.05) is 12.5 Å². The van der Waals surface area contributed by atoms with E-state index in [1.807, 2.05) is 4.57 Å². The van der Waals surface area contributed by atoms with E-state index >= 15 is 0 Å². The predicted octanol–water partition coefficient (Wildman–Crippen LogP) is 1.28. The Kier molecular flexibility index (Phi) is 8.55. The highest BCUT2D eigenvalue weighted by Crippen LogP contribution is 2.50. The minimum atomic E-state index is -3.91. The lowest BCUT2D eigenvalue weighted by Crippen LogP contribution is -2.32. The molecule has 5 heterocycles. The van der Waals surface area contributed by atoms with Crippen LogP contribution in [0.15, 0.2) is 23.6 Å². The van der Waals surface area contributed by atoms with Crippen molar-refractivity contribution in [3.63, 3.8) is 0 Å². The van der Waals surface area contributed by atoms with E-state index < -0.39 is 30.7 Å². The van der Waals surface area contributed by atoms with Crippen LogP contribution < -0.4 is 11.3 Å². The van der Waals surface area contributed by atoms with Crippen LogP contribution in [0.1, 0.15) is 37.4 Å². The Bertz CT molecular complexity index is 1710. The number of fused-ring (bicyclic) bond motifs is 2. The summed E-state index contributed by atoms with van der Waals surface area (Å²) in [6, 6.07) is 0.0550. The van der Waals surface area contributed by atoms with Crippen LogP contribution in [0.2, 0.25) is 0 Å². The number of hydrogen-bond acceptors (Lipinski definition) is 15. The summed E-state index contributed by atoms with van der Waals surface area (Å²) in [5.41, 5.74) is 6.56. The fraction of sp³-hybridized carbons (Fsp3) is 0.476. The quantitative estimate of drug-likeness (QED) is 0.0959. The topological polar surface area (TPSA) is 217 Å². The molecule has 6 rings (SSSR count). The summed E-state index contributed by atoms with van der Waals surface area (Å²) in [6.45, 7) is -3.86. The molecule has 17 nitrogen and oxygen atoms in total. The summed E-state index contributed by atoms with van der Waals surface area (Å²) in [7, 11) is 0.0967. The highest BCUT2D eigenvalue weighted by atomic mass is 32.7. The number of nitrogen functional groups attached to an aromatic ring is 1. The fourth-order valence-corrected chi connectivity index (χ4v) is 7.23. The van der Waals surface area contributed by atoms with E-state index in [9.17, 15) is 14.5 Å². The van der Waals surface area contributed by atoms with Gasteiger partial charge in [0.2, 0.25) is 5.95 Å². The third-order valence-electron chi connectivity index (χ3n) is 6.93. The number of aromatic nitrogens is 8. The van der Waals surface area contributed by atoms with Gasteiger partial charge in [-0.2, -0.15) is 4.98 Å². The maximum atomic E-state index is 12.3. The molecule has 42 heavy (non-hydrogen) atoms. The second-order valence-corrected chi connectivity index (χ2v) is 13.3. The first-order valence-electron chi connectivity index (χ1n) is 12.6. The average Bonchev–Trinajstić information content (AvgIpc) is 3.63. The first-order valence-corrected chi connectivity index (χ1v) is 17.4. The molecule has 0 spiro atoms. The number of rotatable bonds is 12. The second kappa shape index (κ2) is 12.2. The monoisotopic (exact) mass is 657 g/mol. The highest BCUT2D eigenvalue weighted by Gasteiger charge is 2.42. The zero-order valence-electron chi connectivity index (χ0n) is 21.5. The SMILES string of the molecule is Nc1nc2c(ncn2[C@@H]2O[C@H](COC=O)C[C@H]2OP(O)(=S)OCc2nc3cncnc3n2C2CC(OPS)C2)c(=O)[nH]1. The molecular formula is C21H25N9O8P2S2. The zero-order chi connectivity index (χ0) is 29.4. The molecule has 2 fully saturated rings. The molecule has 4 aromatic rings. The van der Waals surface area contributed by atoms with Gasteiger partial charge in [0.25, 0.3) is 12.0 Å². The van der Waals surface area contributed by atoms with Crippen LogP contribution in [-0.2, 0) is 46.3 Å². The number of nitrogens with two attached hydrogens (primary N) is 1. The number of carbonyl (C=O) groups is 1. The van der Waals surface area contributed by atoms with Crippen LogP contribution in [0, 0.1) is 0 Å². The van der Waals surface area contributed by atoms with Gasteiger partial charge >= 0.3 is 6.72 Å². The number of H-pyrrole nitrogens is 1. The lowest BCUT2D eigenvalue weighted by Gasteiger charge is -2.36. The summed E-state index contributed by atoms with van der Waals surface area (Å²) in [4.78, 5) is 57.9. The van der Waals surface area contributed by atoms with Crippen molar-refractivity contribution in [1.29, 1.82) is 0 Å². The van der Waals surface area contributed by atoms with Gasteiger partial charge in [-0.25, -0.2) is 19.9 Å². The van der Waals surface area contributed by atoms with Gasteiger partial charge < -0.3 is 38.2 Å². The van der Waals surface area contributed by atoms with E-state index in [0.717, 1.165) is 12.8 Å². The molecule has 2 aliphatic rings. The summed E-state index contributed by atoms with van der Waals surface area (Å²) < 4.78 is 31.6. The molecule has 1 aliphatic carbocycles. The van der Waals surface area contributed by atoms with Crippen molar-refractivity contribution in [2.45, 2.75) is 56.5 Å². The summed E-state index contributed by atoms with van der Waals surface area (Å²) in [5, 5.41) is 0. The van der Waals surface area contributed by atoms with Crippen LogP contribution in [0.3, 0.4) is 0 Å². The van der Waals surface area contributed by atoms with Gasteiger partial charge in [-0.15, -0.1) is 12.2 Å². The number of thiol groups is 1. The molecule has 0 radical (unpaired) electrons. The van der Waals surface area contributed by atoms with Gasteiger partial charge in [0.15, 0.2) is 23.0 Å². The lowest BCUT2D eigenvalue weighted by molar-refractivity contribution is -0.133. The van der Waals surface area contributed by atoms with Crippen LogP contribution in [-0.4, -0.2) is 75.3 Å². The van der Waals surface area contributed by atoms with Gasteiger partial charge in [-0.05, 0) is 24.6 Å². The number of anilines is 1.